The second kappa shape index (κ2) is 5.81. The number of ether oxygens (including phenoxy) is 3. The molecule has 0 unspecified atom stereocenters. The number of piperidine rings is 1. The SMILES string of the molecule is O=C(COc1ccccc1)N1CCCC2(C1)OCCO2. The van der Waals surface area contributed by atoms with Crippen LogP contribution in [-0.2, 0) is 14.3 Å². The number of benzene rings is 1. The molecular formula is C15H19NO4. The first kappa shape index (κ1) is 13.4. The topological polar surface area (TPSA) is 48.0 Å². The van der Waals surface area contributed by atoms with Crippen LogP contribution in [0.2, 0.25) is 0 Å². The Morgan fingerprint density at radius 3 is 2.75 bits per heavy atom. The van der Waals surface area contributed by atoms with Crippen molar-refractivity contribution < 1.29 is 19.0 Å². The molecule has 1 aromatic rings. The predicted molar refractivity (Wildman–Crippen MR) is 72.4 cm³/mol. The summed E-state index contributed by atoms with van der Waals surface area (Å²) < 4.78 is 16.8. The summed E-state index contributed by atoms with van der Waals surface area (Å²) >= 11 is 0. The van der Waals surface area contributed by atoms with Crippen LogP contribution in [0.25, 0.3) is 0 Å². The second-order valence-corrected chi connectivity index (χ2v) is 5.13. The molecule has 2 fully saturated rings. The third kappa shape index (κ3) is 2.94. The normalized spacial score (nSPS) is 21.1. The average molecular weight is 277 g/mol. The van der Waals surface area contributed by atoms with E-state index in [0.29, 0.717) is 25.5 Å². The van der Waals surface area contributed by atoms with Crippen molar-refractivity contribution in [3.05, 3.63) is 30.3 Å². The van der Waals surface area contributed by atoms with Crippen molar-refractivity contribution in [2.45, 2.75) is 18.6 Å². The van der Waals surface area contributed by atoms with Gasteiger partial charge in [0, 0.05) is 13.0 Å². The van der Waals surface area contributed by atoms with E-state index in [9.17, 15) is 4.79 Å². The van der Waals surface area contributed by atoms with Gasteiger partial charge in [0.2, 0.25) is 0 Å². The summed E-state index contributed by atoms with van der Waals surface area (Å²) in [6.45, 7) is 2.53. The van der Waals surface area contributed by atoms with Crippen molar-refractivity contribution in [2.75, 3.05) is 32.9 Å². The maximum Gasteiger partial charge on any atom is 0.260 e. The van der Waals surface area contributed by atoms with Crippen LogP contribution in [0.3, 0.4) is 0 Å². The molecule has 0 N–H and O–H groups in total. The molecule has 0 aromatic heterocycles. The fourth-order valence-electron chi connectivity index (χ4n) is 2.69. The Hall–Kier alpha value is -1.59. The van der Waals surface area contributed by atoms with Gasteiger partial charge in [-0.3, -0.25) is 4.79 Å². The lowest BCUT2D eigenvalue weighted by atomic mass is 10.0. The van der Waals surface area contributed by atoms with Gasteiger partial charge in [-0.15, -0.1) is 0 Å². The van der Waals surface area contributed by atoms with Crippen LogP contribution < -0.4 is 4.74 Å². The number of hydrogen-bond acceptors (Lipinski definition) is 4. The van der Waals surface area contributed by atoms with Crippen LogP contribution in [0.15, 0.2) is 30.3 Å². The Labute approximate surface area is 118 Å². The first-order valence-corrected chi connectivity index (χ1v) is 7.01. The molecule has 2 saturated heterocycles. The van der Waals surface area contributed by atoms with Crippen molar-refractivity contribution in [2.24, 2.45) is 0 Å². The fourth-order valence-corrected chi connectivity index (χ4v) is 2.69. The van der Waals surface area contributed by atoms with Gasteiger partial charge in [-0.25, -0.2) is 0 Å². The third-order valence-electron chi connectivity index (χ3n) is 3.69. The van der Waals surface area contributed by atoms with E-state index in [1.165, 1.54) is 0 Å². The van der Waals surface area contributed by atoms with Gasteiger partial charge in [-0.1, -0.05) is 18.2 Å². The monoisotopic (exact) mass is 277 g/mol. The minimum Gasteiger partial charge on any atom is -0.484 e. The average Bonchev–Trinajstić information content (AvgIpc) is 2.93. The largest absolute Gasteiger partial charge is 0.484 e. The van der Waals surface area contributed by atoms with Gasteiger partial charge in [0.15, 0.2) is 12.4 Å². The van der Waals surface area contributed by atoms with Gasteiger partial charge in [0.1, 0.15) is 5.75 Å². The summed E-state index contributed by atoms with van der Waals surface area (Å²) in [6, 6.07) is 9.37. The Morgan fingerprint density at radius 2 is 2.00 bits per heavy atom. The molecule has 1 aromatic carbocycles. The van der Waals surface area contributed by atoms with Crippen LogP contribution in [0.5, 0.6) is 5.75 Å². The number of rotatable bonds is 3. The van der Waals surface area contributed by atoms with Crippen LogP contribution >= 0.6 is 0 Å². The summed E-state index contributed by atoms with van der Waals surface area (Å²) in [4.78, 5) is 14.0. The van der Waals surface area contributed by atoms with Gasteiger partial charge < -0.3 is 19.1 Å². The molecule has 20 heavy (non-hydrogen) atoms. The van der Waals surface area contributed by atoms with Crippen molar-refractivity contribution >= 4 is 5.91 Å². The first-order chi connectivity index (χ1) is 9.77. The number of hydrogen-bond donors (Lipinski definition) is 0. The number of likely N-dealkylation sites (tertiary alicyclic amines) is 1. The summed E-state index contributed by atoms with van der Waals surface area (Å²) in [6.07, 6.45) is 1.76. The number of carbonyl (C=O) groups is 1. The molecule has 0 saturated carbocycles. The zero-order valence-electron chi connectivity index (χ0n) is 11.4. The van der Waals surface area contributed by atoms with E-state index in [0.717, 1.165) is 19.4 Å². The standard InChI is InChI=1S/C15H19NO4/c17-14(11-18-13-5-2-1-3-6-13)16-8-4-7-15(12-16)19-9-10-20-15/h1-3,5-6H,4,7-12H2. The van der Waals surface area contributed by atoms with Gasteiger partial charge in [-0.2, -0.15) is 0 Å². The fraction of sp³-hybridized carbons (Fsp3) is 0.533. The number of para-hydroxylation sites is 1. The molecule has 0 aliphatic carbocycles. The number of carbonyl (C=O) groups excluding carboxylic acids is 1. The molecule has 2 aliphatic rings. The second-order valence-electron chi connectivity index (χ2n) is 5.13. The van der Waals surface area contributed by atoms with E-state index in [1.807, 2.05) is 30.3 Å². The molecular weight excluding hydrogens is 258 g/mol. The highest BCUT2D eigenvalue weighted by Gasteiger charge is 2.42. The highest BCUT2D eigenvalue weighted by Crippen LogP contribution is 2.30. The van der Waals surface area contributed by atoms with E-state index in [-0.39, 0.29) is 12.5 Å². The molecule has 5 nitrogen and oxygen atoms in total. The van der Waals surface area contributed by atoms with Crippen LogP contribution in [0.4, 0.5) is 0 Å². The molecule has 1 amide bonds. The summed E-state index contributed by atoms with van der Waals surface area (Å²) in [5, 5.41) is 0. The van der Waals surface area contributed by atoms with E-state index in [2.05, 4.69) is 0 Å². The lowest BCUT2D eigenvalue weighted by Gasteiger charge is -2.38. The zero-order chi connectivity index (χ0) is 13.8. The lowest BCUT2D eigenvalue weighted by molar-refractivity contribution is -0.193. The Balaban J connectivity index is 1.54. The summed E-state index contributed by atoms with van der Waals surface area (Å²) in [5.41, 5.74) is 0. The van der Waals surface area contributed by atoms with E-state index in [1.54, 1.807) is 4.90 Å². The minimum absolute atomic E-state index is 0.0213. The third-order valence-corrected chi connectivity index (χ3v) is 3.69. The minimum atomic E-state index is -0.569. The molecule has 108 valence electrons. The van der Waals surface area contributed by atoms with Gasteiger partial charge in [0.05, 0.1) is 19.8 Å². The van der Waals surface area contributed by atoms with E-state index in [4.69, 9.17) is 14.2 Å². The van der Waals surface area contributed by atoms with Gasteiger partial charge in [0.25, 0.3) is 5.91 Å². The smallest absolute Gasteiger partial charge is 0.260 e. The molecule has 0 bridgehead atoms. The van der Waals surface area contributed by atoms with E-state index < -0.39 is 5.79 Å². The Kier molecular flexibility index (Phi) is 3.89. The molecule has 5 heteroatoms. The molecule has 0 radical (unpaired) electrons. The molecule has 2 heterocycles. The van der Waals surface area contributed by atoms with Gasteiger partial charge in [-0.05, 0) is 18.6 Å². The molecule has 3 rings (SSSR count). The maximum absolute atomic E-state index is 12.2. The van der Waals surface area contributed by atoms with Crippen molar-refractivity contribution in [3.63, 3.8) is 0 Å². The van der Waals surface area contributed by atoms with Crippen LogP contribution in [-0.4, -0.2) is 49.5 Å². The Morgan fingerprint density at radius 1 is 1.25 bits per heavy atom. The summed E-state index contributed by atoms with van der Waals surface area (Å²) in [5.74, 6) is 0.119. The molecule has 1 spiro atoms. The summed E-state index contributed by atoms with van der Waals surface area (Å²) in [7, 11) is 0. The molecule has 2 aliphatic heterocycles. The quantitative estimate of drug-likeness (QED) is 0.838. The lowest BCUT2D eigenvalue weighted by Crippen LogP contribution is -2.52. The van der Waals surface area contributed by atoms with Crippen molar-refractivity contribution in [1.82, 2.24) is 4.90 Å². The first-order valence-electron chi connectivity index (χ1n) is 7.01. The highest BCUT2D eigenvalue weighted by atomic mass is 16.7. The molecule has 0 atom stereocenters. The van der Waals surface area contributed by atoms with Crippen LogP contribution in [0.1, 0.15) is 12.8 Å². The highest BCUT2D eigenvalue weighted by molar-refractivity contribution is 5.78. The number of nitrogens with zero attached hydrogens (tertiary/aromatic N) is 1. The zero-order valence-corrected chi connectivity index (χ0v) is 11.4. The predicted octanol–water partition coefficient (Wildman–Crippen LogP) is 1.43. The van der Waals surface area contributed by atoms with Crippen molar-refractivity contribution in [1.29, 1.82) is 0 Å². The van der Waals surface area contributed by atoms with Gasteiger partial charge >= 0.3 is 0 Å². The van der Waals surface area contributed by atoms with E-state index >= 15 is 0 Å². The maximum atomic E-state index is 12.2. The number of amides is 1. The van der Waals surface area contributed by atoms with Crippen molar-refractivity contribution in [3.8, 4) is 5.75 Å². The van der Waals surface area contributed by atoms with Crippen LogP contribution in [0, 0.1) is 0 Å². The Bertz CT molecular complexity index is 456.